The Kier molecular flexibility index (Phi) is 5.60. The van der Waals surface area contributed by atoms with Crippen LogP contribution in [0.25, 0.3) is 0 Å². The summed E-state index contributed by atoms with van der Waals surface area (Å²) in [6.45, 7) is 3.10. The first-order valence-corrected chi connectivity index (χ1v) is 7.19. The largest absolute Gasteiger partial charge is 0.416 e. The quantitative estimate of drug-likeness (QED) is 0.787. The van der Waals surface area contributed by atoms with Crippen molar-refractivity contribution in [2.75, 3.05) is 13.2 Å². The molecule has 0 unspecified atom stereocenters. The average Bonchev–Trinajstić information content (AvgIpc) is 2.88. The summed E-state index contributed by atoms with van der Waals surface area (Å²) in [5.74, 6) is 0. The molecule has 0 bridgehead atoms. The van der Waals surface area contributed by atoms with Crippen LogP contribution >= 0.6 is 0 Å². The SMILES string of the molecule is Cc1[nH]cnc1CCCOCCc1ccc(C(F)(F)F)cc1. The number of H-pyrrole nitrogens is 1. The second-order valence-corrected chi connectivity index (χ2v) is 5.13. The zero-order valence-electron chi connectivity index (χ0n) is 12.4. The predicted molar refractivity (Wildman–Crippen MR) is 77.6 cm³/mol. The molecule has 0 saturated heterocycles. The smallest absolute Gasteiger partial charge is 0.381 e. The molecule has 22 heavy (non-hydrogen) atoms. The van der Waals surface area contributed by atoms with Gasteiger partial charge in [-0.25, -0.2) is 4.98 Å². The molecule has 0 aliphatic heterocycles. The molecule has 1 heterocycles. The van der Waals surface area contributed by atoms with Crippen LogP contribution in [-0.2, 0) is 23.8 Å². The van der Waals surface area contributed by atoms with Gasteiger partial charge in [-0.05, 0) is 43.9 Å². The number of hydrogen-bond donors (Lipinski definition) is 1. The fourth-order valence-electron chi connectivity index (χ4n) is 2.13. The number of nitrogens with zero attached hydrogens (tertiary/aromatic N) is 1. The van der Waals surface area contributed by atoms with Gasteiger partial charge in [-0.15, -0.1) is 0 Å². The average molecular weight is 312 g/mol. The van der Waals surface area contributed by atoms with E-state index in [-0.39, 0.29) is 0 Å². The predicted octanol–water partition coefficient (Wildman–Crippen LogP) is 3.93. The number of hydrogen-bond acceptors (Lipinski definition) is 2. The molecule has 0 amide bonds. The molecule has 1 N–H and O–H groups in total. The van der Waals surface area contributed by atoms with Crippen LogP contribution < -0.4 is 0 Å². The molecular formula is C16H19F3N2O. The number of alkyl halides is 3. The highest BCUT2D eigenvalue weighted by Crippen LogP contribution is 2.29. The molecule has 1 aromatic heterocycles. The molecule has 0 spiro atoms. The van der Waals surface area contributed by atoms with E-state index in [0.717, 1.165) is 41.9 Å². The van der Waals surface area contributed by atoms with Crippen LogP contribution in [0, 0.1) is 6.92 Å². The van der Waals surface area contributed by atoms with Gasteiger partial charge in [0.2, 0.25) is 0 Å². The van der Waals surface area contributed by atoms with E-state index in [1.54, 1.807) is 6.33 Å². The van der Waals surface area contributed by atoms with Crippen LogP contribution in [0.5, 0.6) is 0 Å². The number of benzene rings is 1. The molecule has 0 aliphatic carbocycles. The van der Waals surface area contributed by atoms with E-state index in [9.17, 15) is 13.2 Å². The minimum atomic E-state index is -4.28. The lowest BCUT2D eigenvalue weighted by atomic mass is 10.1. The third-order valence-electron chi connectivity index (χ3n) is 3.45. The lowest BCUT2D eigenvalue weighted by Gasteiger charge is -2.08. The maximum absolute atomic E-state index is 12.4. The molecule has 2 aromatic rings. The molecular weight excluding hydrogens is 293 g/mol. The molecule has 1 aromatic carbocycles. The van der Waals surface area contributed by atoms with Crippen molar-refractivity contribution in [2.24, 2.45) is 0 Å². The van der Waals surface area contributed by atoms with Gasteiger partial charge in [-0.1, -0.05) is 12.1 Å². The van der Waals surface area contributed by atoms with Gasteiger partial charge in [0.1, 0.15) is 0 Å². The Morgan fingerprint density at radius 3 is 2.41 bits per heavy atom. The first kappa shape index (κ1) is 16.5. The first-order chi connectivity index (χ1) is 10.5. The maximum Gasteiger partial charge on any atom is 0.416 e. The van der Waals surface area contributed by atoms with Crippen molar-refractivity contribution in [2.45, 2.75) is 32.4 Å². The van der Waals surface area contributed by atoms with Crippen molar-refractivity contribution in [1.29, 1.82) is 0 Å². The Bertz CT molecular complexity index is 576. The number of imidazole rings is 1. The van der Waals surface area contributed by atoms with Gasteiger partial charge in [-0.2, -0.15) is 13.2 Å². The van der Waals surface area contributed by atoms with Gasteiger partial charge >= 0.3 is 6.18 Å². The van der Waals surface area contributed by atoms with E-state index < -0.39 is 11.7 Å². The lowest BCUT2D eigenvalue weighted by molar-refractivity contribution is -0.137. The summed E-state index contributed by atoms with van der Waals surface area (Å²) in [6, 6.07) is 5.21. The second kappa shape index (κ2) is 7.45. The zero-order chi connectivity index (χ0) is 16.0. The normalized spacial score (nSPS) is 11.8. The Hall–Kier alpha value is -1.82. The van der Waals surface area contributed by atoms with Crippen molar-refractivity contribution in [3.05, 3.63) is 53.1 Å². The van der Waals surface area contributed by atoms with Crippen molar-refractivity contribution in [3.8, 4) is 0 Å². The number of aryl methyl sites for hydroxylation is 2. The lowest BCUT2D eigenvalue weighted by Crippen LogP contribution is -2.05. The highest BCUT2D eigenvalue weighted by atomic mass is 19.4. The molecule has 0 atom stereocenters. The van der Waals surface area contributed by atoms with Gasteiger partial charge in [0.25, 0.3) is 0 Å². The Balaban J connectivity index is 1.63. The summed E-state index contributed by atoms with van der Waals surface area (Å²) in [5, 5.41) is 0. The molecule has 120 valence electrons. The highest BCUT2D eigenvalue weighted by Gasteiger charge is 2.29. The number of ether oxygens (including phenoxy) is 1. The summed E-state index contributed by atoms with van der Waals surface area (Å²) in [6.07, 6.45) is -0.260. The van der Waals surface area contributed by atoms with Crippen LogP contribution in [0.15, 0.2) is 30.6 Å². The molecule has 0 saturated carbocycles. The fraction of sp³-hybridized carbons (Fsp3) is 0.438. The molecule has 2 rings (SSSR count). The fourth-order valence-corrected chi connectivity index (χ4v) is 2.13. The van der Waals surface area contributed by atoms with Gasteiger partial charge in [0, 0.05) is 12.3 Å². The van der Waals surface area contributed by atoms with E-state index >= 15 is 0 Å². The molecule has 3 nitrogen and oxygen atoms in total. The highest BCUT2D eigenvalue weighted by molar-refractivity contribution is 5.24. The van der Waals surface area contributed by atoms with Crippen LogP contribution in [0.3, 0.4) is 0 Å². The Labute approximate surface area is 127 Å². The van der Waals surface area contributed by atoms with Crippen molar-refractivity contribution >= 4 is 0 Å². The summed E-state index contributed by atoms with van der Waals surface area (Å²) < 4.78 is 42.8. The minimum Gasteiger partial charge on any atom is -0.381 e. The molecule has 6 heteroatoms. The topological polar surface area (TPSA) is 37.9 Å². The first-order valence-electron chi connectivity index (χ1n) is 7.19. The third kappa shape index (κ3) is 4.87. The molecule has 0 fully saturated rings. The van der Waals surface area contributed by atoms with Crippen LogP contribution in [0.2, 0.25) is 0 Å². The summed E-state index contributed by atoms with van der Waals surface area (Å²) in [5.41, 5.74) is 2.35. The summed E-state index contributed by atoms with van der Waals surface area (Å²) >= 11 is 0. The van der Waals surface area contributed by atoms with E-state index in [1.807, 2.05) is 6.92 Å². The number of aromatic amines is 1. The maximum atomic E-state index is 12.4. The van der Waals surface area contributed by atoms with E-state index in [4.69, 9.17) is 4.74 Å². The second-order valence-electron chi connectivity index (χ2n) is 5.13. The summed E-state index contributed by atoms with van der Waals surface area (Å²) in [4.78, 5) is 7.23. The molecule has 0 radical (unpaired) electrons. The standard InChI is InChI=1S/C16H19F3N2O/c1-12-15(21-11-20-12)3-2-9-22-10-8-13-4-6-14(7-5-13)16(17,18)19/h4-7,11H,2-3,8-10H2,1H3,(H,20,21). The number of rotatable bonds is 7. The number of nitrogens with one attached hydrogen (secondary N) is 1. The van der Waals surface area contributed by atoms with Crippen LogP contribution in [-0.4, -0.2) is 23.2 Å². The van der Waals surface area contributed by atoms with Gasteiger partial charge in [0.15, 0.2) is 0 Å². The number of aromatic nitrogens is 2. The van der Waals surface area contributed by atoms with Gasteiger partial charge < -0.3 is 9.72 Å². The van der Waals surface area contributed by atoms with Crippen LogP contribution in [0.4, 0.5) is 13.2 Å². The zero-order valence-corrected chi connectivity index (χ0v) is 12.4. The third-order valence-corrected chi connectivity index (χ3v) is 3.45. The van der Waals surface area contributed by atoms with E-state index in [0.29, 0.717) is 19.6 Å². The van der Waals surface area contributed by atoms with Crippen molar-refractivity contribution < 1.29 is 17.9 Å². The van der Waals surface area contributed by atoms with Crippen LogP contribution in [0.1, 0.15) is 28.9 Å². The number of halogens is 3. The molecule has 0 aliphatic rings. The summed E-state index contributed by atoms with van der Waals surface area (Å²) in [7, 11) is 0. The van der Waals surface area contributed by atoms with E-state index in [2.05, 4.69) is 9.97 Å². The Morgan fingerprint density at radius 1 is 1.09 bits per heavy atom. The van der Waals surface area contributed by atoms with Crippen molar-refractivity contribution in [1.82, 2.24) is 9.97 Å². The van der Waals surface area contributed by atoms with Gasteiger partial charge in [0.05, 0.1) is 24.2 Å². The van der Waals surface area contributed by atoms with E-state index in [1.165, 1.54) is 12.1 Å². The Morgan fingerprint density at radius 2 is 1.82 bits per heavy atom. The monoisotopic (exact) mass is 312 g/mol. The minimum absolute atomic E-state index is 0.505. The van der Waals surface area contributed by atoms with Crippen molar-refractivity contribution in [3.63, 3.8) is 0 Å². The van der Waals surface area contributed by atoms with Gasteiger partial charge in [-0.3, -0.25) is 0 Å².